The topological polar surface area (TPSA) is 41.5 Å². The Labute approximate surface area is 129 Å². The van der Waals surface area contributed by atoms with Gasteiger partial charge < -0.3 is 15.2 Å². The lowest BCUT2D eigenvalue weighted by molar-refractivity contribution is 0.371. The van der Waals surface area contributed by atoms with Gasteiger partial charge in [-0.3, -0.25) is 0 Å². The van der Waals surface area contributed by atoms with Crippen molar-refractivity contribution in [1.29, 1.82) is 0 Å². The van der Waals surface area contributed by atoms with Crippen molar-refractivity contribution in [2.75, 3.05) is 12.4 Å². The van der Waals surface area contributed by atoms with Crippen LogP contribution in [0.3, 0.4) is 0 Å². The first-order chi connectivity index (χ1) is 9.51. The molecule has 0 radical (unpaired) electrons. The van der Waals surface area contributed by atoms with Crippen molar-refractivity contribution >= 4 is 33.2 Å². The second-order valence-corrected chi connectivity index (χ2v) is 5.40. The molecule has 0 saturated carbocycles. The second-order valence-electron chi connectivity index (χ2n) is 4.11. The molecule has 2 rings (SSSR count). The minimum Gasteiger partial charge on any atom is -0.503 e. The van der Waals surface area contributed by atoms with Crippen molar-refractivity contribution in [3.8, 4) is 11.5 Å². The standard InChI is InChI=1S/C14H12BrClFNO2/c1-20-13-5-8(4-10(15)14(13)19)7-18-12-3-2-9(16)6-11(12)17/h2-6,18-19H,7H2,1H3. The zero-order valence-electron chi connectivity index (χ0n) is 10.6. The van der Waals surface area contributed by atoms with Crippen LogP contribution in [0.5, 0.6) is 11.5 Å². The molecule has 0 fully saturated rings. The third kappa shape index (κ3) is 3.35. The van der Waals surface area contributed by atoms with Gasteiger partial charge in [-0.1, -0.05) is 11.6 Å². The molecule has 0 aliphatic carbocycles. The number of hydrogen-bond donors (Lipinski definition) is 2. The molecule has 0 aliphatic rings. The van der Waals surface area contributed by atoms with Crippen LogP contribution in [-0.4, -0.2) is 12.2 Å². The van der Waals surface area contributed by atoms with E-state index < -0.39 is 5.82 Å². The smallest absolute Gasteiger partial charge is 0.172 e. The van der Waals surface area contributed by atoms with E-state index in [0.29, 0.717) is 27.5 Å². The SMILES string of the molecule is COc1cc(CNc2ccc(Cl)cc2F)cc(Br)c1O. The Hall–Kier alpha value is -1.46. The number of aromatic hydroxyl groups is 1. The van der Waals surface area contributed by atoms with E-state index in [1.807, 2.05) is 0 Å². The zero-order valence-corrected chi connectivity index (χ0v) is 12.9. The average Bonchev–Trinajstić information content (AvgIpc) is 2.41. The number of rotatable bonds is 4. The fraction of sp³-hybridized carbons (Fsp3) is 0.143. The van der Waals surface area contributed by atoms with Gasteiger partial charge in [0.15, 0.2) is 11.5 Å². The summed E-state index contributed by atoms with van der Waals surface area (Å²) in [5.41, 5.74) is 1.19. The molecule has 0 saturated heterocycles. The van der Waals surface area contributed by atoms with Crippen LogP contribution in [0.25, 0.3) is 0 Å². The molecular formula is C14H12BrClFNO2. The summed E-state index contributed by atoms with van der Waals surface area (Å²) >= 11 is 8.93. The molecule has 2 N–H and O–H groups in total. The Kier molecular flexibility index (Phi) is 4.73. The van der Waals surface area contributed by atoms with Crippen LogP contribution in [0.15, 0.2) is 34.8 Å². The van der Waals surface area contributed by atoms with E-state index in [2.05, 4.69) is 21.2 Å². The lowest BCUT2D eigenvalue weighted by Crippen LogP contribution is -2.02. The van der Waals surface area contributed by atoms with Crippen LogP contribution < -0.4 is 10.1 Å². The average molecular weight is 361 g/mol. The van der Waals surface area contributed by atoms with Crippen LogP contribution in [0, 0.1) is 5.82 Å². The highest BCUT2D eigenvalue weighted by Crippen LogP contribution is 2.35. The highest BCUT2D eigenvalue weighted by molar-refractivity contribution is 9.10. The normalized spacial score (nSPS) is 10.4. The van der Waals surface area contributed by atoms with Crippen molar-refractivity contribution in [2.24, 2.45) is 0 Å². The largest absolute Gasteiger partial charge is 0.503 e. The van der Waals surface area contributed by atoms with Crippen LogP contribution in [-0.2, 0) is 6.54 Å². The van der Waals surface area contributed by atoms with Gasteiger partial charge in [0, 0.05) is 11.6 Å². The summed E-state index contributed by atoms with van der Waals surface area (Å²) in [4.78, 5) is 0. The molecule has 2 aromatic rings. The van der Waals surface area contributed by atoms with E-state index in [1.54, 1.807) is 24.3 Å². The maximum Gasteiger partial charge on any atom is 0.172 e. The zero-order chi connectivity index (χ0) is 14.7. The van der Waals surface area contributed by atoms with Gasteiger partial charge in [-0.25, -0.2) is 4.39 Å². The van der Waals surface area contributed by atoms with Gasteiger partial charge in [-0.05, 0) is 51.8 Å². The molecule has 0 spiro atoms. The Morgan fingerprint density at radius 1 is 1.35 bits per heavy atom. The Morgan fingerprint density at radius 3 is 2.75 bits per heavy atom. The Morgan fingerprint density at radius 2 is 2.10 bits per heavy atom. The number of phenols is 1. The third-order valence-corrected chi connectivity index (χ3v) is 3.56. The predicted octanol–water partition coefficient (Wildman–Crippen LogP) is 4.57. The molecule has 0 amide bonds. The maximum absolute atomic E-state index is 13.6. The van der Waals surface area contributed by atoms with Crippen molar-refractivity contribution < 1.29 is 14.2 Å². The Bertz CT molecular complexity index is 637. The van der Waals surface area contributed by atoms with Gasteiger partial charge in [-0.2, -0.15) is 0 Å². The molecule has 0 heterocycles. The lowest BCUT2D eigenvalue weighted by Gasteiger charge is -2.11. The number of benzene rings is 2. The van der Waals surface area contributed by atoms with Crippen molar-refractivity contribution in [3.63, 3.8) is 0 Å². The van der Waals surface area contributed by atoms with E-state index >= 15 is 0 Å². The number of nitrogens with one attached hydrogen (secondary N) is 1. The quantitative estimate of drug-likeness (QED) is 0.839. The molecule has 0 unspecified atom stereocenters. The van der Waals surface area contributed by atoms with Crippen LogP contribution in [0.1, 0.15) is 5.56 Å². The lowest BCUT2D eigenvalue weighted by atomic mass is 10.2. The summed E-state index contributed by atoms with van der Waals surface area (Å²) in [5.74, 6) is -0.0241. The van der Waals surface area contributed by atoms with E-state index in [0.717, 1.165) is 5.56 Å². The van der Waals surface area contributed by atoms with Gasteiger partial charge in [0.05, 0.1) is 17.3 Å². The van der Waals surface area contributed by atoms with Crippen molar-refractivity contribution in [2.45, 2.75) is 6.54 Å². The van der Waals surface area contributed by atoms with Gasteiger partial charge in [0.2, 0.25) is 0 Å². The van der Waals surface area contributed by atoms with E-state index in [9.17, 15) is 9.50 Å². The molecule has 2 aromatic carbocycles. The fourth-order valence-corrected chi connectivity index (χ4v) is 2.36. The molecule has 3 nitrogen and oxygen atoms in total. The molecule has 0 atom stereocenters. The summed E-state index contributed by atoms with van der Waals surface area (Å²) < 4.78 is 19.2. The number of anilines is 1. The number of hydrogen-bond acceptors (Lipinski definition) is 3. The van der Waals surface area contributed by atoms with E-state index in [-0.39, 0.29) is 5.75 Å². The van der Waals surface area contributed by atoms with Gasteiger partial charge in [0.25, 0.3) is 0 Å². The molecular weight excluding hydrogens is 349 g/mol. The number of phenolic OH excluding ortho intramolecular Hbond substituents is 1. The van der Waals surface area contributed by atoms with Gasteiger partial charge in [-0.15, -0.1) is 0 Å². The Balaban J connectivity index is 2.16. The molecule has 6 heteroatoms. The summed E-state index contributed by atoms with van der Waals surface area (Å²) in [6, 6.07) is 7.85. The first-order valence-electron chi connectivity index (χ1n) is 5.75. The maximum atomic E-state index is 13.6. The second kappa shape index (κ2) is 6.33. The van der Waals surface area contributed by atoms with Crippen LogP contribution in [0.2, 0.25) is 5.02 Å². The molecule has 106 valence electrons. The summed E-state index contributed by atoms with van der Waals surface area (Å²) in [6.07, 6.45) is 0. The minimum atomic E-state index is -0.415. The van der Waals surface area contributed by atoms with Crippen LogP contribution >= 0.6 is 27.5 Å². The van der Waals surface area contributed by atoms with Crippen molar-refractivity contribution in [3.05, 3.63) is 51.2 Å². The number of ether oxygens (including phenoxy) is 1. The molecule has 0 aliphatic heterocycles. The molecule has 0 bridgehead atoms. The van der Waals surface area contributed by atoms with E-state index in [4.69, 9.17) is 16.3 Å². The van der Waals surface area contributed by atoms with Gasteiger partial charge >= 0.3 is 0 Å². The van der Waals surface area contributed by atoms with E-state index in [1.165, 1.54) is 13.2 Å². The van der Waals surface area contributed by atoms with Crippen molar-refractivity contribution in [1.82, 2.24) is 0 Å². The summed E-state index contributed by atoms with van der Waals surface area (Å²) in [6.45, 7) is 0.383. The molecule has 20 heavy (non-hydrogen) atoms. The van der Waals surface area contributed by atoms with Crippen LogP contribution in [0.4, 0.5) is 10.1 Å². The third-order valence-electron chi connectivity index (χ3n) is 2.72. The minimum absolute atomic E-state index is 0.0360. The van der Waals surface area contributed by atoms with Gasteiger partial charge in [0.1, 0.15) is 5.82 Å². The predicted molar refractivity (Wildman–Crippen MR) is 81.1 cm³/mol. The summed E-state index contributed by atoms with van der Waals surface area (Å²) in [7, 11) is 1.47. The number of methoxy groups -OCH3 is 1. The summed E-state index contributed by atoms with van der Waals surface area (Å²) in [5, 5.41) is 13.0. The highest BCUT2D eigenvalue weighted by Gasteiger charge is 2.09. The monoisotopic (exact) mass is 359 g/mol. The molecule has 0 aromatic heterocycles. The first-order valence-corrected chi connectivity index (χ1v) is 6.92. The first kappa shape index (κ1) is 14.9. The number of halogens is 3. The fourth-order valence-electron chi connectivity index (χ4n) is 1.72. The highest BCUT2D eigenvalue weighted by atomic mass is 79.9.